The summed E-state index contributed by atoms with van der Waals surface area (Å²) in [6.45, 7) is 1.62. The summed E-state index contributed by atoms with van der Waals surface area (Å²) in [5.74, 6) is 0. The molecule has 0 unspecified atom stereocenters. The van der Waals surface area contributed by atoms with Crippen LogP contribution in [0.3, 0.4) is 0 Å². The molecule has 27 valence electrons. The zero-order valence-electron chi connectivity index (χ0n) is 3.99. The monoisotopic (exact) mass is 70.0 g/mol. The molecule has 1 nitrogen and oxygen atoms in total. The lowest BCUT2D eigenvalue weighted by Gasteiger charge is -1.49. The van der Waals surface area contributed by atoms with E-state index < -0.39 is 0 Å². The van der Waals surface area contributed by atoms with Gasteiger partial charge in [0.15, 0.2) is 0 Å². The average molecular weight is 70.1 g/mol. The summed E-state index contributed by atoms with van der Waals surface area (Å²) in [7, 11) is 0. The fourth-order valence-electron chi connectivity index (χ4n) is 0.0589. The molecule has 0 saturated carbocycles. The fourth-order valence-corrected chi connectivity index (χ4v) is 0.0589. The first-order chi connectivity index (χ1) is 2.81. The maximum absolute atomic E-state index is 9.36. The van der Waals surface area contributed by atoms with Crippen LogP contribution in [0.15, 0.2) is 12.1 Å². The van der Waals surface area contributed by atoms with Crippen LogP contribution in [-0.2, 0) is 4.79 Å². The number of hydrogen-bond acceptors (Lipinski definition) is 1. The molecule has 1 heteroatoms. The number of rotatable bonds is 1. The molecule has 0 saturated heterocycles. The summed E-state index contributed by atoms with van der Waals surface area (Å²) in [4.78, 5) is 9.36. The minimum atomic E-state index is -0.0880. The van der Waals surface area contributed by atoms with E-state index in [4.69, 9.17) is 1.37 Å². The smallest absolute Gasteiger partial charge is 0.225 e. The Kier molecular flexibility index (Phi) is 1.80. The zero-order valence-corrected chi connectivity index (χ0v) is 2.99. The molecule has 0 heterocycles. The standard InChI is InChI=1S/C4H5O/c1-2-3-4-5/h2-3H,1H3/b3-2+/i3D. The Hall–Kier alpha value is -0.590. The van der Waals surface area contributed by atoms with E-state index in [-0.39, 0.29) is 6.05 Å². The molecule has 0 N–H and O–H groups in total. The van der Waals surface area contributed by atoms with E-state index in [9.17, 15) is 4.79 Å². The first kappa shape index (κ1) is 2.64. The third-order valence-corrected chi connectivity index (χ3v) is 0.203. The molecule has 0 aliphatic rings. The van der Waals surface area contributed by atoms with Crippen LogP contribution in [0.5, 0.6) is 0 Å². The Morgan fingerprint density at radius 2 is 2.80 bits per heavy atom. The molecule has 0 aromatic rings. The van der Waals surface area contributed by atoms with Gasteiger partial charge in [-0.05, 0) is 13.0 Å². The molecule has 0 rings (SSSR count). The second kappa shape index (κ2) is 3.41. The van der Waals surface area contributed by atoms with Crippen LogP contribution in [0.4, 0.5) is 0 Å². The predicted molar refractivity (Wildman–Crippen MR) is 20.5 cm³/mol. The Morgan fingerprint density at radius 3 is 2.80 bits per heavy atom. The van der Waals surface area contributed by atoms with Crippen LogP contribution >= 0.6 is 0 Å². The summed E-state index contributed by atoms with van der Waals surface area (Å²) in [5.41, 5.74) is 0. The molecule has 0 aliphatic carbocycles. The topological polar surface area (TPSA) is 17.1 Å². The summed E-state index contributed by atoms with van der Waals surface area (Å²) in [6.07, 6.45) is 2.77. The molecule has 0 fully saturated rings. The van der Waals surface area contributed by atoms with Crippen molar-refractivity contribution in [3.63, 3.8) is 0 Å². The number of carbonyl (C=O) groups excluding carboxylic acids is 1. The van der Waals surface area contributed by atoms with Crippen molar-refractivity contribution in [2.24, 2.45) is 0 Å². The molecule has 0 atom stereocenters. The average Bonchev–Trinajstić information content (AvgIpc) is 1.65. The van der Waals surface area contributed by atoms with Crippen molar-refractivity contribution < 1.29 is 6.17 Å². The zero-order chi connectivity index (χ0) is 4.99. The van der Waals surface area contributed by atoms with Gasteiger partial charge in [0.1, 0.15) is 0 Å². The lowest BCUT2D eigenvalue weighted by atomic mass is 10.6. The van der Waals surface area contributed by atoms with Gasteiger partial charge in [0, 0.05) is 0 Å². The van der Waals surface area contributed by atoms with Crippen LogP contribution < -0.4 is 0 Å². The maximum Gasteiger partial charge on any atom is 0.225 e. The van der Waals surface area contributed by atoms with Crippen molar-refractivity contribution in [1.82, 2.24) is 0 Å². The summed E-state index contributed by atoms with van der Waals surface area (Å²) < 4.78 is 6.51. The normalized spacial score (nSPS) is 13.8. The molecule has 0 amide bonds. The highest BCUT2D eigenvalue weighted by molar-refractivity contribution is 5.65. The SMILES string of the molecule is [2H]/C([C]=O)=C\C. The van der Waals surface area contributed by atoms with Crippen molar-refractivity contribution in [3.8, 4) is 0 Å². The molecule has 5 heavy (non-hydrogen) atoms. The van der Waals surface area contributed by atoms with E-state index in [1.54, 1.807) is 6.92 Å². The van der Waals surface area contributed by atoms with E-state index >= 15 is 0 Å². The van der Waals surface area contributed by atoms with E-state index in [0.717, 1.165) is 0 Å². The molecule has 0 spiro atoms. The van der Waals surface area contributed by atoms with E-state index in [1.807, 2.05) is 0 Å². The van der Waals surface area contributed by atoms with Gasteiger partial charge in [0.25, 0.3) is 0 Å². The first-order valence-corrected chi connectivity index (χ1v) is 1.32. The molecule has 0 bridgehead atoms. The summed E-state index contributed by atoms with van der Waals surface area (Å²) in [5, 5.41) is 0. The molecule has 1 radical (unpaired) electrons. The van der Waals surface area contributed by atoms with Gasteiger partial charge in [-0.3, -0.25) is 4.79 Å². The van der Waals surface area contributed by atoms with Crippen LogP contribution in [0.25, 0.3) is 0 Å². The van der Waals surface area contributed by atoms with Crippen LogP contribution in [0, 0.1) is 0 Å². The van der Waals surface area contributed by atoms with Gasteiger partial charge in [-0.2, -0.15) is 0 Å². The molecule has 0 aromatic carbocycles. The van der Waals surface area contributed by atoms with Gasteiger partial charge in [-0.15, -0.1) is 0 Å². The van der Waals surface area contributed by atoms with Crippen molar-refractivity contribution in [3.05, 3.63) is 12.1 Å². The highest BCUT2D eigenvalue weighted by Crippen LogP contribution is 1.55. The lowest BCUT2D eigenvalue weighted by molar-refractivity contribution is 0.564. The molecular weight excluding hydrogens is 64.0 g/mol. The molecule has 0 aromatic heterocycles. The maximum atomic E-state index is 9.36. The van der Waals surface area contributed by atoms with E-state index in [2.05, 4.69) is 0 Å². The summed E-state index contributed by atoms with van der Waals surface area (Å²) >= 11 is 0. The largest absolute Gasteiger partial charge is 0.286 e. The second-order valence-corrected chi connectivity index (χ2v) is 0.535. The van der Waals surface area contributed by atoms with Gasteiger partial charge in [0.2, 0.25) is 6.29 Å². The van der Waals surface area contributed by atoms with Crippen LogP contribution in [0.2, 0.25) is 0 Å². The van der Waals surface area contributed by atoms with Gasteiger partial charge in [0.05, 0.1) is 1.37 Å². The van der Waals surface area contributed by atoms with Gasteiger partial charge in [-0.1, -0.05) is 6.08 Å². The van der Waals surface area contributed by atoms with Gasteiger partial charge in [-0.25, -0.2) is 0 Å². The second-order valence-electron chi connectivity index (χ2n) is 0.535. The lowest BCUT2D eigenvalue weighted by Crippen LogP contribution is -1.50. The van der Waals surface area contributed by atoms with Crippen molar-refractivity contribution in [2.45, 2.75) is 6.92 Å². The highest BCUT2D eigenvalue weighted by Gasteiger charge is 1.51. The minimum absolute atomic E-state index is 0.0880. The Bertz CT molecular complexity index is 75.6. The molecular formula is C4H5O. The van der Waals surface area contributed by atoms with Crippen molar-refractivity contribution in [2.75, 3.05) is 0 Å². The summed E-state index contributed by atoms with van der Waals surface area (Å²) in [6, 6.07) is -0.0880. The third-order valence-electron chi connectivity index (χ3n) is 0.203. The quantitative estimate of drug-likeness (QED) is 0.414. The van der Waals surface area contributed by atoms with E-state index in [1.165, 1.54) is 12.4 Å². The molecule has 0 aliphatic heterocycles. The van der Waals surface area contributed by atoms with Gasteiger partial charge >= 0.3 is 0 Å². The first-order valence-electron chi connectivity index (χ1n) is 1.82. The Balaban J connectivity index is 3.50. The van der Waals surface area contributed by atoms with Crippen molar-refractivity contribution in [1.29, 1.82) is 0 Å². The van der Waals surface area contributed by atoms with E-state index in [0.29, 0.717) is 0 Å². The Labute approximate surface area is 32.7 Å². The highest BCUT2D eigenvalue weighted by atomic mass is 16.1. The van der Waals surface area contributed by atoms with Crippen LogP contribution in [0.1, 0.15) is 8.29 Å². The van der Waals surface area contributed by atoms with Crippen molar-refractivity contribution >= 4 is 6.29 Å². The Morgan fingerprint density at radius 1 is 2.20 bits per heavy atom. The number of allylic oxidation sites excluding steroid dienone is 2. The van der Waals surface area contributed by atoms with Gasteiger partial charge < -0.3 is 0 Å². The minimum Gasteiger partial charge on any atom is -0.286 e. The third kappa shape index (κ3) is 3.41. The van der Waals surface area contributed by atoms with Crippen LogP contribution in [-0.4, -0.2) is 6.29 Å². The number of hydrogen-bond donors (Lipinski definition) is 0. The fraction of sp³-hybridized carbons (Fsp3) is 0.250. The predicted octanol–water partition coefficient (Wildman–Crippen LogP) is 0.672.